The molecule has 2 aliphatic heterocycles. The van der Waals surface area contributed by atoms with Crippen LogP contribution in [0, 0.1) is 11.8 Å². The van der Waals surface area contributed by atoms with E-state index in [0.29, 0.717) is 35.9 Å². The number of aliphatic carboxylic acids is 1. The topological polar surface area (TPSA) is 137 Å². The average molecular weight is 608 g/mol. The number of alkyl carbamates (subject to hydrolysis) is 1. The molecule has 2 aliphatic carbocycles. The van der Waals surface area contributed by atoms with Gasteiger partial charge in [0, 0.05) is 29.5 Å². The zero-order chi connectivity index (χ0) is 30.8. The number of nitrogens with zero attached hydrogens (tertiary/aromatic N) is 2. The number of carboxylic acid groups (broad SMARTS) is 1. The number of fused-ring (bicyclic) bond motifs is 4. The Labute approximate surface area is 256 Å². The Morgan fingerprint density at radius 3 is 2.64 bits per heavy atom. The fraction of sp³-hybridized carbons (Fsp3) is 0.576. The number of rotatable bonds is 5. The van der Waals surface area contributed by atoms with Gasteiger partial charge in [-0.25, -0.2) is 14.6 Å². The first kappa shape index (κ1) is 30.0. The number of benzene rings is 1. The number of methoxy groups -OCH3 is 1. The molecule has 0 unspecified atom stereocenters. The van der Waals surface area contributed by atoms with Crippen molar-refractivity contribution in [2.24, 2.45) is 11.8 Å². The van der Waals surface area contributed by atoms with E-state index in [1.807, 2.05) is 25.1 Å². The molecule has 2 saturated carbocycles. The van der Waals surface area contributed by atoms with Gasteiger partial charge in [0.25, 0.3) is 0 Å². The quantitative estimate of drug-likeness (QED) is 0.484. The lowest BCUT2D eigenvalue weighted by atomic mass is 9.96. The van der Waals surface area contributed by atoms with Crippen molar-refractivity contribution >= 4 is 34.9 Å². The van der Waals surface area contributed by atoms with Gasteiger partial charge in [-0.15, -0.1) is 0 Å². The Hall–Kier alpha value is -4.02. The third-order valence-corrected chi connectivity index (χ3v) is 9.51. The van der Waals surface area contributed by atoms with E-state index in [1.54, 1.807) is 13.2 Å². The number of allylic oxidation sites excluding steroid dienone is 1. The predicted octanol–water partition coefficient (Wildman–Crippen LogP) is 4.95. The lowest BCUT2D eigenvalue weighted by Gasteiger charge is -2.31. The Kier molecular flexibility index (Phi) is 8.81. The molecule has 2 amide bonds. The number of nitrogens with one attached hydrogen (secondary N) is 1. The molecule has 5 atom stereocenters. The third kappa shape index (κ3) is 6.14. The largest absolute Gasteiger partial charge is 0.496 e. The lowest BCUT2D eigenvalue weighted by Crippen LogP contribution is -2.55. The van der Waals surface area contributed by atoms with Crippen molar-refractivity contribution in [1.82, 2.24) is 15.2 Å². The zero-order valence-electron chi connectivity index (χ0n) is 25.3. The molecule has 44 heavy (non-hydrogen) atoms. The summed E-state index contributed by atoms with van der Waals surface area (Å²) in [7, 11) is 1.61. The Morgan fingerprint density at radius 2 is 1.89 bits per heavy atom. The third-order valence-electron chi connectivity index (χ3n) is 9.51. The maximum absolute atomic E-state index is 14.1. The van der Waals surface area contributed by atoms with E-state index in [4.69, 9.17) is 18.9 Å². The van der Waals surface area contributed by atoms with Crippen molar-refractivity contribution < 1.29 is 38.4 Å². The minimum absolute atomic E-state index is 0.0666. The normalized spacial score (nSPS) is 27.8. The van der Waals surface area contributed by atoms with Crippen LogP contribution in [0.15, 0.2) is 24.3 Å². The second-order valence-electron chi connectivity index (χ2n) is 12.3. The molecule has 3 heterocycles. The van der Waals surface area contributed by atoms with E-state index in [9.17, 15) is 19.5 Å². The van der Waals surface area contributed by atoms with Crippen LogP contribution in [0.4, 0.5) is 4.79 Å². The van der Waals surface area contributed by atoms with Crippen molar-refractivity contribution in [3.05, 3.63) is 29.8 Å². The summed E-state index contributed by atoms with van der Waals surface area (Å²) in [6.45, 7) is 2.34. The highest BCUT2D eigenvalue weighted by atomic mass is 16.6. The summed E-state index contributed by atoms with van der Waals surface area (Å²) in [5, 5.41) is 13.8. The van der Waals surface area contributed by atoms with E-state index in [-0.39, 0.29) is 30.9 Å². The first-order valence-corrected chi connectivity index (χ1v) is 15.8. The number of ether oxygens (including phenoxy) is 4. The summed E-state index contributed by atoms with van der Waals surface area (Å²) in [5.74, 6) is 0.0568. The summed E-state index contributed by atoms with van der Waals surface area (Å²) < 4.78 is 23.9. The van der Waals surface area contributed by atoms with Crippen molar-refractivity contribution in [1.29, 1.82) is 0 Å². The summed E-state index contributed by atoms with van der Waals surface area (Å²) in [6, 6.07) is 3.56. The van der Waals surface area contributed by atoms with E-state index in [2.05, 4.69) is 16.4 Å². The van der Waals surface area contributed by atoms with Crippen LogP contribution in [-0.2, 0) is 14.3 Å². The minimum atomic E-state index is -1.11. The standard InChI is InChI=1S/C33H41N3O8/c1-3-42-29-17-28-23-14-21(27(41-2)16-24(23)34-29)12-6-10-19-11-7-13-26(19)44-33(40)35-30(20-8-4-5-9-20)31(37)36-18-22(43-28)15-25(36)32(38)39/h6,12,14,16-17,19-20,22,25-26,30H,3-5,7-11,13,15,18H2,1-2H3,(H,35,40)(H,38,39)/t19-,22-,25+,26-,30+/m1/s1. The Bertz CT molecular complexity index is 1440. The van der Waals surface area contributed by atoms with Crippen molar-refractivity contribution in [3.63, 3.8) is 0 Å². The van der Waals surface area contributed by atoms with Crippen LogP contribution in [0.5, 0.6) is 17.4 Å². The number of pyridine rings is 1. The number of carbonyl (C=O) groups excluding carboxylic acids is 2. The number of hydrogen-bond acceptors (Lipinski definition) is 8. The molecule has 2 N–H and O–H groups in total. The Balaban J connectivity index is 1.42. The summed E-state index contributed by atoms with van der Waals surface area (Å²) in [6.07, 6.45) is 9.54. The number of amides is 2. The fourth-order valence-corrected chi connectivity index (χ4v) is 7.33. The number of hydrogen-bond donors (Lipinski definition) is 2. The van der Waals surface area contributed by atoms with Crippen LogP contribution in [0.3, 0.4) is 0 Å². The second kappa shape index (κ2) is 12.9. The molecule has 0 radical (unpaired) electrons. The molecule has 11 nitrogen and oxygen atoms in total. The molecule has 236 valence electrons. The van der Waals surface area contributed by atoms with Gasteiger partial charge in [0.2, 0.25) is 11.8 Å². The minimum Gasteiger partial charge on any atom is -0.496 e. The first-order valence-electron chi connectivity index (χ1n) is 15.8. The van der Waals surface area contributed by atoms with Crippen LogP contribution >= 0.6 is 0 Å². The number of carbonyl (C=O) groups is 3. The molecular weight excluding hydrogens is 566 g/mol. The predicted molar refractivity (Wildman–Crippen MR) is 162 cm³/mol. The van der Waals surface area contributed by atoms with E-state index in [0.717, 1.165) is 55.9 Å². The highest BCUT2D eigenvalue weighted by Crippen LogP contribution is 2.38. The maximum Gasteiger partial charge on any atom is 0.408 e. The van der Waals surface area contributed by atoms with Gasteiger partial charge in [0.1, 0.15) is 35.8 Å². The van der Waals surface area contributed by atoms with Gasteiger partial charge in [0.15, 0.2) is 0 Å². The molecule has 4 bridgehead atoms. The first-order chi connectivity index (χ1) is 21.3. The smallest absolute Gasteiger partial charge is 0.408 e. The monoisotopic (exact) mass is 607 g/mol. The van der Waals surface area contributed by atoms with Crippen LogP contribution in [0.25, 0.3) is 17.0 Å². The highest BCUT2D eigenvalue weighted by molar-refractivity contribution is 5.91. The SMILES string of the molecule is CCOc1cc2c3cc(c(OC)cc3n1)C=CC[C@@H]1CCC[C@H]1OC(=O)N[C@@H](C1CCCC1)C(=O)N1C[C@@H](C[C@H]1C(=O)O)O2. The van der Waals surface area contributed by atoms with Gasteiger partial charge in [-0.3, -0.25) is 4.79 Å². The summed E-state index contributed by atoms with van der Waals surface area (Å²) in [4.78, 5) is 45.8. The van der Waals surface area contributed by atoms with Crippen molar-refractivity contribution in [3.8, 4) is 17.4 Å². The highest BCUT2D eigenvalue weighted by Gasteiger charge is 2.46. The van der Waals surface area contributed by atoms with Crippen LogP contribution in [0.2, 0.25) is 0 Å². The second-order valence-corrected chi connectivity index (χ2v) is 12.3. The molecule has 3 fully saturated rings. The van der Waals surface area contributed by atoms with Gasteiger partial charge < -0.3 is 34.3 Å². The molecule has 1 aromatic carbocycles. The molecule has 1 saturated heterocycles. The molecule has 1 aromatic heterocycles. The van der Waals surface area contributed by atoms with Gasteiger partial charge in [0.05, 0.1) is 25.8 Å². The molecular formula is C33H41N3O8. The maximum atomic E-state index is 14.1. The summed E-state index contributed by atoms with van der Waals surface area (Å²) >= 11 is 0. The zero-order valence-corrected chi connectivity index (χ0v) is 25.3. The van der Waals surface area contributed by atoms with Gasteiger partial charge in [-0.1, -0.05) is 25.0 Å². The van der Waals surface area contributed by atoms with Crippen LogP contribution in [0.1, 0.15) is 70.3 Å². The molecule has 11 heteroatoms. The molecule has 0 spiro atoms. The van der Waals surface area contributed by atoms with Crippen molar-refractivity contribution in [2.45, 2.75) is 89.0 Å². The van der Waals surface area contributed by atoms with E-state index < -0.39 is 36.2 Å². The number of carboxylic acids is 1. The lowest BCUT2D eigenvalue weighted by molar-refractivity contribution is -0.149. The number of aromatic nitrogens is 1. The molecule has 2 aromatic rings. The van der Waals surface area contributed by atoms with Crippen molar-refractivity contribution in [2.75, 3.05) is 20.3 Å². The van der Waals surface area contributed by atoms with E-state index in [1.165, 1.54) is 4.90 Å². The van der Waals surface area contributed by atoms with Crippen LogP contribution in [-0.4, -0.2) is 77.5 Å². The average Bonchev–Trinajstić information content (AvgIpc) is 3.77. The van der Waals surface area contributed by atoms with Gasteiger partial charge in [-0.2, -0.15) is 0 Å². The molecule has 4 aliphatic rings. The van der Waals surface area contributed by atoms with Gasteiger partial charge in [-0.05, 0) is 63.4 Å². The summed E-state index contributed by atoms with van der Waals surface area (Å²) in [5.41, 5.74) is 1.44. The Morgan fingerprint density at radius 1 is 1.09 bits per heavy atom. The van der Waals surface area contributed by atoms with Gasteiger partial charge >= 0.3 is 12.1 Å². The molecule has 6 rings (SSSR count). The van der Waals surface area contributed by atoms with E-state index >= 15 is 0 Å². The fourth-order valence-electron chi connectivity index (χ4n) is 7.33. The van der Waals surface area contributed by atoms with Crippen LogP contribution < -0.4 is 19.5 Å².